The van der Waals surface area contributed by atoms with Gasteiger partial charge in [0.2, 0.25) is 0 Å². The smallest absolute Gasteiger partial charge is 0.127 e. The summed E-state index contributed by atoms with van der Waals surface area (Å²) in [7, 11) is 0. The summed E-state index contributed by atoms with van der Waals surface area (Å²) in [6.07, 6.45) is 6.89. The second-order valence-corrected chi connectivity index (χ2v) is 11.5. The van der Waals surface area contributed by atoms with Gasteiger partial charge in [-0.25, -0.2) is 0 Å². The molecule has 2 N–H and O–H groups in total. The predicted molar refractivity (Wildman–Crippen MR) is 171 cm³/mol. The second kappa shape index (κ2) is 13.0. The summed E-state index contributed by atoms with van der Waals surface area (Å²) in [6.45, 7) is 12.9. The fraction of sp³-hybridized carbons (Fsp3) is 0.333. The van der Waals surface area contributed by atoms with Crippen molar-refractivity contribution < 1.29 is 10.2 Å². The van der Waals surface area contributed by atoms with E-state index in [0.29, 0.717) is 34.3 Å². The van der Waals surface area contributed by atoms with Crippen molar-refractivity contribution in [1.29, 1.82) is 0 Å². The summed E-state index contributed by atoms with van der Waals surface area (Å²) in [6, 6.07) is 20.5. The monoisotopic (exact) mass is 534 g/mol. The molecule has 0 aliphatic carbocycles. The van der Waals surface area contributed by atoms with Crippen LogP contribution in [0.3, 0.4) is 0 Å². The second-order valence-electron chi connectivity index (χ2n) is 11.5. The van der Waals surface area contributed by atoms with Crippen LogP contribution in [0.15, 0.2) is 70.6 Å². The van der Waals surface area contributed by atoms with Gasteiger partial charge in [-0.3, -0.25) is 9.98 Å². The number of rotatable bonds is 10. The summed E-state index contributed by atoms with van der Waals surface area (Å²) in [5.74, 6) is 1.60. The van der Waals surface area contributed by atoms with Gasteiger partial charge in [0.25, 0.3) is 0 Å². The molecule has 0 aliphatic rings. The lowest BCUT2D eigenvalue weighted by atomic mass is 9.96. The van der Waals surface area contributed by atoms with Crippen molar-refractivity contribution in [3.8, 4) is 11.5 Å². The zero-order chi connectivity index (χ0) is 28.8. The molecule has 0 aliphatic heterocycles. The van der Waals surface area contributed by atoms with Gasteiger partial charge in [-0.15, -0.1) is 0 Å². The van der Waals surface area contributed by atoms with Gasteiger partial charge in [-0.05, 0) is 94.8 Å². The van der Waals surface area contributed by atoms with E-state index in [2.05, 4.69) is 65.8 Å². The number of fused-ring (bicyclic) bond motifs is 1. The van der Waals surface area contributed by atoms with Crippen LogP contribution in [0.25, 0.3) is 10.8 Å². The fourth-order valence-electron chi connectivity index (χ4n) is 5.19. The van der Waals surface area contributed by atoms with Gasteiger partial charge in [0.05, 0.1) is 11.4 Å². The number of nitrogens with zero attached hydrogens (tertiary/aromatic N) is 2. The minimum atomic E-state index is 0.281. The molecule has 4 aromatic rings. The number of benzene rings is 4. The minimum Gasteiger partial charge on any atom is -0.507 e. The van der Waals surface area contributed by atoms with E-state index in [1.807, 2.05) is 36.4 Å². The van der Waals surface area contributed by atoms with Crippen LogP contribution in [-0.2, 0) is 25.7 Å². The quantitative estimate of drug-likeness (QED) is 0.199. The predicted octanol–water partition coefficient (Wildman–Crippen LogP) is 9.27. The van der Waals surface area contributed by atoms with E-state index in [9.17, 15) is 10.2 Å². The molecule has 0 atom stereocenters. The average Bonchev–Trinajstić information content (AvgIpc) is 2.92. The number of hydrogen-bond acceptors (Lipinski definition) is 4. The molecule has 0 fully saturated rings. The Kier molecular flexibility index (Phi) is 9.42. The summed E-state index contributed by atoms with van der Waals surface area (Å²) < 4.78 is 0. The van der Waals surface area contributed by atoms with E-state index in [-0.39, 0.29) is 11.5 Å². The van der Waals surface area contributed by atoms with Crippen molar-refractivity contribution in [3.63, 3.8) is 0 Å². The first kappa shape index (κ1) is 29.1. The lowest BCUT2D eigenvalue weighted by Crippen LogP contribution is -1.98. The Morgan fingerprint density at radius 2 is 1.02 bits per heavy atom. The van der Waals surface area contributed by atoms with Gasteiger partial charge in [0.15, 0.2) is 0 Å². The highest BCUT2D eigenvalue weighted by Gasteiger charge is 2.12. The molecule has 4 rings (SSSR count). The Labute approximate surface area is 239 Å². The minimum absolute atomic E-state index is 0.281. The van der Waals surface area contributed by atoms with Crippen molar-refractivity contribution in [2.24, 2.45) is 21.8 Å². The van der Waals surface area contributed by atoms with Gasteiger partial charge in [-0.2, -0.15) is 0 Å². The standard InChI is InChI=1S/C36H42N2O2/c1-7-27-15-25(13-23(3)4)17-31(35(27)39)21-37-33-19-29-11-9-10-12-30(29)20-34(33)38-22-32-18-26(14-24(5)6)16-28(8-2)36(32)40/h9-12,15-24,39-40H,7-8,13-14H2,1-6H3. The number of aromatic hydroxyl groups is 2. The lowest BCUT2D eigenvalue weighted by Gasteiger charge is -2.12. The molecule has 0 aromatic heterocycles. The van der Waals surface area contributed by atoms with Gasteiger partial charge in [0, 0.05) is 23.6 Å². The van der Waals surface area contributed by atoms with Crippen LogP contribution >= 0.6 is 0 Å². The Balaban J connectivity index is 1.79. The van der Waals surface area contributed by atoms with Crippen molar-refractivity contribution in [1.82, 2.24) is 0 Å². The highest BCUT2D eigenvalue weighted by Crippen LogP contribution is 2.35. The number of phenols is 2. The van der Waals surface area contributed by atoms with Crippen molar-refractivity contribution in [2.45, 2.75) is 67.2 Å². The van der Waals surface area contributed by atoms with E-state index in [0.717, 1.165) is 47.6 Å². The highest BCUT2D eigenvalue weighted by atomic mass is 16.3. The number of hydrogen-bond donors (Lipinski definition) is 2. The molecular formula is C36H42N2O2. The Hall–Kier alpha value is -3.92. The maximum absolute atomic E-state index is 10.9. The first-order valence-electron chi connectivity index (χ1n) is 14.5. The zero-order valence-electron chi connectivity index (χ0n) is 24.7. The third kappa shape index (κ3) is 6.98. The van der Waals surface area contributed by atoms with E-state index >= 15 is 0 Å². The summed E-state index contributed by atoms with van der Waals surface area (Å²) in [5.41, 5.74) is 7.09. The molecule has 0 saturated heterocycles. The Morgan fingerprint density at radius 1 is 0.625 bits per heavy atom. The van der Waals surface area contributed by atoms with Crippen LogP contribution in [0, 0.1) is 11.8 Å². The van der Waals surface area contributed by atoms with E-state index in [4.69, 9.17) is 9.98 Å². The van der Waals surface area contributed by atoms with Gasteiger partial charge in [-0.1, -0.05) is 77.9 Å². The first-order valence-corrected chi connectivity index (χ1v) is 14.5. The molecule has 4 nitrogen and oxygen atoms in total. The van der Waals surface area contributed by atoms with Gasteiger partial charge >= 0.3 is 0 Å². The molecule has 0 unspecified atom stereocenters. The van der Waals surface area contributed by atoms with Crippen LogP contribution in [-0.4, -0.2) is 22.6 Å². The van der Waals surface area contributed by atoms with E-state index < -0.39 is 0 Å². The van der Waals surface area contributed by atoms with Crippen molar-refractivity contribution in [3.05, 3.63) is 94.0 Å². The van der Waals surface area contributed by atoms with Crippen molar-refractivity contribution >= 4 is 34.6 Å². The Bertz CT molecular complexity index is 1430. The number of phenolic OH excluding ortho intramolecular Hbond substituents is 2. The van der Waals surface area contributed by atoms with Gasteiger partial charge < -0.3 is 10.2 Å². The summed E-state index contributed by atoms with van der Waals surface area (Å²) in [4.78, 5) is 9.69. The van der Waals surface area contributed by atoms with E-state index in [1.165, 1.54) is 11.1 Å². The molecular weight excluding hydrogens is 492 g/mol. The molecule has 40 heavy (non-hydrogen) atoms. The molecule has 0 saturated carbocycles. The highest BCUT2D eigenvalue weighted by molar-refractivity contribution is 5.96. The van der Waals surface area contributed by atoms with Crippen LogP contribution in [0.4, 0.5) is 11.4 Å². The van der Waals surface area contributed by atoms with Crippen LogP contribution in [0.1, 0.15) is 74.9 Å². The molecule has 0 spiro atoms. The summed E-state index contributed by atoms with van der Waals surface area (Å²) >= 11 is 0. The number of aliphatic imine (C=N–C) groups is 2. The molecule has 0 radical (unpaired) electrons. The van der Waals surface area contributed by atoms with E-state index in [1.54, 1.807) is 12.4 Å². The third-order valence-corrected chi connectivity index (χ3v) is 7.13. The molecule has 0 amide bonds. The fourth-order valence-corrected chi connectivity index (χ4v) is 5.19. The van der Waals surface area contributed by atoms with Crippen LogP contribution < -0.4 is 0 Å². The maximum atomic E-state index is 10.9. The normalized spacial score (nSPS) is 12.1. The van der Waals surface area contributed by atoms with Crippen LogP contribution in [0.5, 0.6) is 11.5 Å². The summed E-state index contributed by atoms with van der Waals surface area (Å²) in [5, 5.41) is 24.0. The molecule has 0 bridgehead atoms. The molecule has 208 valence electrons. The largest absolute Gasteiger partial charge is 0.507 e. The lowest BCUT2D eigenvalue weighted by molar-refractivity contribution is 0.467. The van der Waals surface area contributed by atoms with Crippen molar-refractivity contribution in [2.75, 3.05) is 0 Å². The average molecular weight is 535 g/mol. The number of aryl methyl sites for hydroxylation is 2. The molecule has 0 heterocycles. The van der Waals surface area contributed by atoms with Gasteiger partial charge in [0.1, 0.15) is 11.5 Å². The third-order valence-electron chi connectivity index (χ3n) is 7.13. The Morgan fingerprint density at radius 3 is 1.38 bits per heavy atom. The molecule has 4 aromatic carbocycles. The SMILES string of the molecule is CCc1cc(CC(C)C)cc(C=Nc2cc3ccccc3cc2N=Cc2cc(CC(C)C)cc(CC)c2O)c1O. The maximum Gasteiger partial charge on any atom is 0.127 e. The topological polar surface area (TPSA) is 65.2 Å². The first-order chi connectivity index (χ1) is 19.2. The van der Waals surface area contributed by atoms with Crippen LogP contribution in [0.2, 0.25) is 0 Å². The molecule has 4 heteroatoms. The zero-order valence-corrected chi connectivity index (χ0v) is 24.7.